The minimum atomic E-state index is -0.0335. The van der Waals surface area contributed by atoms with Gasteiger partial charge in [0.2, 0.25) is 5.91 Å². The third kappa shape index (κ3) is 4.63. The van der Waals surface area contributed by atoms with Crippen LogP contribution in [0.25, 0.3) is 22.6 Å². The number of aromatic nitrogens is 3. The number of furan rings is 1. The van der Waals surface area contributed by atoms with Gasteiger partial charge in [0.1, 0.15) is 5.58 Å². The van der Waals surface area contributed by atoms with Crippen LogP contribution in [0.1, 0.15) is 5.56 Å². The van der Waals surface area contributed by atoms with Crippen molar-refractivity contribution < 1.29 is 9.21 Å². The molecule has 0 aliphatic carbocycles. The molecule has 0 aliphatic heterocycles. The van der Waals surface area contributed by atoms with Crippen LogP contribution in [0.2, 0.25) is 5.02 Å². The first-order valence-corrected chi connectivity index (χ1v) is 10.5. The standard InChI is InChI=1S/C21H19ClN4O2S/c1-26-20(18-12-15-11-16(22)7-8-17(15)28-18)24-25-21(26)29-13-19(27)23-10-9-14-5-3-2-4-6-14/h2-8,11-12H,9-10,13H2,1H3,(H,23,27). The molecule has 2 aromatic carbocycles. The van der Waals surface area contributed by atoms with Crippen LogP contribution in [0.5, 0.6) is 0 Å². The highest BCUT2D eigenvalue weighted by Gasteiger charge is 2.16. The Morgan fingerprint density at radius 1 is 1.17 bits per heavy atom. The maximum absolute atomic E-state index is 12.1. The largest absolute Gasteiger partial charge is 0.453 e. The van der Waals surface area contributed by atoms with Crippen molar-refractivity contribution in [1.82, 2.24) is 20.1 Å². The Hall–Kier alpha value is -2.77. The van der Waals surface area contributed by atoms with E-state index in [4.69, 9.17) is 16.0 Å². The molecule has 0 aliphatic rings. The SMILES string of the molecule is Cn1c(SCC(=O)NCCc2ccccc2)nnc1-c1cc2cc(Cl)ccc2o1. The number of thioether (sulfide) groups is 1. The van der Waals surface area contributed by atoms with Gasteiger partial charge >= 0.3 is 0 Å². The van der Waals surface area contributed by atoms with Crippen molar-refractivity contribution in [3.63, 3.8) is 0 Å². The highest BCUT2D eigenvalue weighted by atomic mass is 35.5. The number of carbonyl (C=O) groups excluding carboxylic acids is 1. The van der Waals surface area contributed by atoms with Gasteiger partial charge in [-0.3, -0.25) is 4.79 Å². The van der Waals surface area contributed by atoms with Crippen molar-refractivity contribution >= 4 is 40.2 Å². The van der Waals surface area contributed by atoms with Crippen LogP contribution < -0.4 is 5.32 Å². The predicted octanol–water partition coefficient (Wildman–Crippen LogP) is 4.33. The predicted molar refractivity (Wildman–Crippen MR) is 115 cm³/mol. The number of hydrogen-bond donors (Lipinski definition) is 1. The van der Waals surface area contributed by atoms with Crippen molar-refractivity contribution in [2.24, 2.45) is 7.05 Å². The molecule has 6 nitrogen and oxygen atoms in total. The fourth-order valence-electron chi connectivity index (χ4n) is 2.95. The van der Waals surface area contributed by atoms with Gasteiger partial charge in [0.25, 0.3) is 0 Å². The number of fused-ring (bicyclic) bond motifs is 1. The zero-order valence-corrected chi connectivity index (χ0v) is 17.3. The second-order valence-electron chi connectivity index (χ2n) is 6.53. The van der Waals surface area contributed by atoms with Crippen molar-refractivity contribution in [3.05, 3.63) is 65.2 Å². The van der Waals surface area contributed by atoms with E-state index in [0.29, 0.717) is 28.3 Å². The van der Waals surface area contributed by atoms with E-state index in [9.17, 15) is 4.79 Å². The zero-order chi connectivity index (χ0) is 20.2. The van der Waals surface area contributed by atoms with E-state index in [1.54, 1.807) is 6.07 Å². The normalized spacial score (nSPS) is 11.1. The Morgan fingerprint density at radius 2 is 2.00 bits per heavy atom. The highest BCUT2D eigenvalue weighted by Crippen LogP contribution is 2.30. The second-order valence-corrected chi connectivity index (χ2v) is 7.91. The maximum atomic E-state index is 12.1. The Kier molecular flexibility index (Phi) is 5.87. The molecule has 1 amide bonds. The van der Waals surface area contributed by atoms with Crippen LogP contribution >= 0.6 is 23.4 Å². The molecule has 0 fully saturated rings. The van der Waals surface area contributed by atoms with E-state index in [-0.39, 0.29) is 11.7 Å². The summed E-state index contributed by atoms with van der Waals surface area (Å²) in [7, 11) is 1.85. The van der Waals surface area contributed by atoms with Gasteiger partial charge in [0, 0.05) is 24.0 Å². The van der Waals surface area contributed by atoms with Crippen molar-refractivity contribution in [2.75, 3.05) is 12.3 Å². The van der Waals surface area contributed by atoms with E-state index in [1.165, 1.54) is 17.3 Å². The van der Waals surface area contributed by atoms with Crippen LogP contribution in [0.3, 0.4) is 0 Å². The number of amides is 1. The van der Waals surface area contributed by atoms with E-state index in [2.05, 4.69) is 15.5 Å². The molecule has 0 saturated carbocycles. The molecule has 0 unspecified atom stereocenters. The van der Waals surface area contributed by atoms with Crippen LogP contribution in [0.15, 0.2) is 64.2 Å². The number of halogens is 1. The minimum Gasteiger partial charge on any atom is -0.453 e. The lowest BCUT2D eigenvalue weighted by molar-refractivity contribution is -0.118. The molecule has 0 spiro atoms. The molecule has 0 radical (unpaired) electrons. The maximum Gasteiger partial charge on any atom is 0.230 e. The fourth-order valence-corrected chi connectivity index (χ4v) is 3.87. The summed E-state index contributed by atoms with van der Waals surface area (Å²) in [6, 6.07) is 17.4. The number of carbonyl (C=O) groups is 1. The van der Waals surface area contributed by atoms with Gasteiger partial charge in [-0.15, -0.1) is 10.2 Å². The van der Waals surface area contributed by atoms with Crippen LogP contribution in [0, 0.1) is 0 Å². The Bertz CT molecular complexity index is 1140. The topological polar surface area (TPSA) is 73.0 Å². The molecule has 0 bridgehead atoms. The van der Waals surface area contributed by atoms with Crippen LogP contribution in [-0.2, 0) is 18.3 Å². The highest BCUT2D eigenvalue weighted by molar-refractivity contribution is 7.99. The second kappa shape index (κ2) is 8.71. The Balaban J connectivity index is 1.35. The van der Waals surface area contributed by atoms with E-state index in [1.807, 2.05) is 60.1 Å². The van der Waals surface area contributed by atoms with Gasteiger partial charge in [0.15, 0.2) is 16.7 Å². The molecule has 148 valence electrons. The monoisotopic (exact) mass is 426 g/mol. The number of nitrogens with zero attached hydrogens (tertiary/aromatic N) is 3. The zero-order valence-electron chi connectivity index (χ0n) is 15.8. The number of hydrogen-bond acceptors (Lipinski definition) is 5. The first-order valence-electron chi connectivity index (χ1n) is 9.12. The molecule has 4 rings (SSSR count). The summed E-state index contributed by atoms with van der Waals surface area (Å²) in [5, 5.41) is 13.5. The minimum absolute atomic E-state index is 0.0335. The van der Waals surface area contributed by atoms with Crippen molar-refractivity contribution in [2.45, 2.75) is 11.6 Å². The summed E-state index contributed by atoms with van der Waals surface area (Å²) in [5.74, 6) is 1.45. The van der Waals surface area contributed by atoms with Gasteiger partial charge in [-0.25, -0.2) is 0 Å². The van der Waals surface area contributed by atoms with Gasteiger partial charge in [0.05, 0.1) is 5.75 Å². The van der Waals surface area contributed by atoms with Crippen molar-refractivity contribution in [1.29, 1.82) is 0 Å². The summed E-state index contributed by atoms with van der Waals surface area (Å²) in [5.41, 5.74) is 1.94. The van der Waals surface area contributed by atoms with Gasteiger partial charge in [-0.1, -0.05) is 53.7 Å². The molecule has 8 heteroatoms. The number of nitrogens with one attached hydrogen (secondary N) is 1. The number of rotatable bonds is 7. The van der Waals surface area contributed by atoms with Crippen LogP contribution in [0.4, 0.5) is 0 Å². The van der Waals surface area contributed by atoms with Crippen molar-refractivity contribution in [3.8, 4) is 11.6 Å². The van der Waals surface area contributed by atoms with Gasteiger partial charge in [-0.2, -0.15) is 0 Å². The smallest absolute Gasteiger partial charge is 0.230 e. The molecule has 2 heterocycles. The molecule has 2 aromatic heterocycles. The quantitative estimate of drug-likeness (QED) is 0.445. The first-order chi connectivity index (χ1) is 14.1. The average Bonchev–Trinajstić information content (AvgIpc) is 3.29. The summed E-state index contributed by atoms with van der Waals surface area (Å²) in [4.78, 5) is 12.1. The average molecular weight is 427 g/mol. The summed E-state index contributed by atoms with van der Waals surface area (Å²) in [6.45, 7) is 0.606. The summed E-state index contributed by atoms with van der Waals surface area (Å²) in [6.07, 6.45) is 0.807. The number of benzene rings is 2. The molecular weight excluding hydrogens is 408 g/mol. The summed E-state index contributed by atoms with van der Waals surface area (Å²) < 4.78 is 7.67. The lowest BCUT2D eigenvalue weighted by atomic mass is 10.1. The lowest BCUT2D eigenvalue weighted by Gasteiger charge is -2.05. The molecular formula is C21H19ClN4O2S. The molecule has 0 saturated heterocycles. The van der Waals surface area contributed by atoms with E-state index >= 15 is 0 Å². The van der Waals surface area contributed by atoms with Gasteiger partial charge in [-0.05, 0) is 36.2 Å². The summed E-state index contributed by atoms with van der Waals surface area (Å²) >= 11 is 7.38. The van der Waals surface area contributed by atoms with Gasteiger partial charge < -0.3 is 14.3 Å². The molecule has 0 atom stereocenters. The Morgan fingerprint density at radius 3 is 2.83 bits per heavy atom. The Labute approximate surface area is 177 Å². The van der Waals surface area contributed by atoms with Crippen LogP contribution in [-0.4, -0.2) is 33.0 Å². The fraction of sp³-hybridized carbons (Fsp3) is 0.190. The lowest BCUT2D eigenvalue weighted by Crippen LogP contribution is -2.27. The third-order valence-corrected chi connectivity index (χ3v) is 5.70. The molecule has 1 N–H and O–H groups in total. The first kappa shape index (κ1) is 19.5. The third-order valence-electron chi connectivity index (χ3n) is 4.44. The van der Waals surface area contributed by atoms with E-state index < -0.39 is 0 Å². The molecule has 29 heavy (non-hydrogen) atoms. The van der Waals surface area contributed by atoms with E-state index in [0.717, 1.165) is 17.4 Å². The molecule has 4 aromatic rings.